The number of anilines is 1. The summed E-state index contributed by atoms with van der Waals surface area (Å²) in [4.78, 5) is 26.1. The number of carbonyl (C=O) groups is 1. The molecular weight excluding hydrogens is 506 g/mol. The number of nitrogens with one attached hydrogen (secondary N) is 2. The number of nitrogens with zero attached hydrogens (tertiary/aromatic N) is 4. The molecule has 4 heterocycles. The van der Waals surface area contributed by atoms with Crippen LogP contribution in [-0.2, 0) is 9.53 Å². The number of aromatic amines is 1. The van der Waals surface area contributed by atoms with Gasteiger partial charge in [-0.1, -0.05) is 0 Å². The van der Waals surface area contributed by atoms with E-state index in [1.165, 1.54) is 6.07 Å². The van der Waals surface area contributed by atoms with Gasteiger partial charge in [0.05, 0.1) is 24.1 Å². The zero-order valence-corrected chi connectivity index (χ0v) is 21.4. The highest BCUT2D eigenvalue weighted by atomic mass is 19.1. The van der Waals surface area contributed by atoms with Gasteiger partial charge in [-0.3, -0.25) is 9.89 Å². The number of H-pyrrole nitrogens is 1. The molecule has 2 bridgehead atoms. The van der Waals surface area contributed by atoms with E-state index in [1.54, 1.807) is 13.0 Å². The van der Waals surface area contributed by atoms with E-state index in [1.807, 2.05) is 6.07 Å². The Bertz CT molecular complexity index is 1560. The van der Waals surface area contributed by atoms with Gasteiger partial charge >= 0.3 is 5.97 Å². The number of pyridine rings is 1. The number of hydrogen-bond acceptors (Lipinski definition) is 8. The summed E-state index contributed by atoms with van der Waals surface area (Å²) >= 11 is 0. The maximum atomic E-state index is 16.2. The van der Waals surface area contributed by atoms with Gasteiger partial charge in [0.2, 0.25) is 0 Å². The van der Waals surface area contributed by atoms with Gasteiger partial charge in [-0.2, -0.15) is 5.10 Å². The van der Waals surface area contributed by atoms with Gasteiger partial charge in [-0.25, -0.2) is 23.7 Å². The topological polar surface area (TPSA) is 119 Å². The van der Waals surface area contributed by atoms with Crippen LogP contribution in [0.1, 0.15) is 57.1 Å². The fourth-order valence-corrected chi connectivity index (χ4v) is 6.32. The molecule has 0 aliphatic heterocycles. The van der Waals surface area contributed by atoms with E-state index >= 15 is 4.39 Å². The van der Waals surface area contributed by atoms with Crippen molar-refractivity contribution in [2.24, 2.45) is 17.8 Å². The van der Waals surface area contributed by atoms with Crippen LogP contribution in [-0.4, -0.2) is 43.8 Å². The fraction of sp³-hybridized carbons (Fsp3) is 0.464. The summed E-state index contributed by atoms with van der Waals surface area (Å²) in [5.74, 6) is -0.0286. The first-order valence-corrected chi connectivity index (χ1v) is 13.6. The highest BCUT2D eigenvalue weighted by Gasteiger charge is 2.48. The molecule has 8 rings (SSSR count). The zero-order chi connectivity index (χ0) is 26.7. The van der Waals surface area contributed by atoms with Gasteiger partial charge in [0.25, 0.3) is 0 Å². The van der Waals surface area contributed by atoms with Crippen LogP contribution in [0.3, 0.4) is 0 Å². The van der Waals surface area contributed by atoms with E-state index in [2.05, 4.69) is 30.5 Å². The van der Waals surface area contributed by atoms with Gasteiger partial charge < -0.3 is 14.5 Å². The molecule has 0 aromatic carbocycles. The smallest absolute Gasteiger partial charge is 0.311 e. The Morgan fingerprint density at radius 1 is 1.13 bits per heavy atom. The maximum absolute atomic E-state index is 16.2. The van der Waals surface area contributed by atoms with Crippen molar-refractivity contribution in [3.8, 4) is 23.0 Å². The average Bonchev–Trinajstić information content (AvgIpc) is 3.53. The Labute approximate surface area is 222 Å². The number of aromatic nitrogens is 5. The number of hydrogen-bond donors (Lipinski definition) is 2. The number of carbonyl (C=O) groups excluding carboxylic acids is 1. The molecule has 4 aromatic rings. The zero-order valence-electron chi connectivity index (χ0n) is 21.4. The predicted molar refractivity (Wildman–Crippen MR) is 137 cm³/mol. The van der Waals surface area contributed by atoms with Gasteiger partial charge in [0.1, 0.15) is 23.0 Å². The number of halogens is 2. The maximum Gasteiger partial charge on any atom is 0.311 e. The van der Waals surface area contributed by atoms with Crippen LogP contribution in [0.4, 0.5) is 14.6 Å². The number of ether oxygens (including phenoxy) is 1. The quantitative estimate of drug-likeness (QED) is 0.294. The van der Waals surface area contributed by atoms with E-state index in [9.17, 15) is 9.18 Å². The third-order valence-electron chi connectivity index (χ3n) is 8.37. The highest BCUT2D eigenvalue weighted by molar-refractivity contribution is 5.89. The van der Waals surface area contributed by atoms with E-state index < -0.39 is 17.6 Å². The molecular formula is C28H28F2N6O3. The molecule has 0 saturated heterocycles. The largest absolute Gasteiger partial charge is 0.466 e. The van der Waals surface area contributed by atoms with Crippen LogP contribution in [0.25, 0.3) is 34.0 Å². The van der Waals surface area contributed by atoms with Crippen molar-refractivity contribution in [2.45, 2.75) is 57.4 Å². The lowest BCUT2D eigenvalue weighted by molar-refractivity contribution is -0.154. The second-order valence-electron chi connectivity index (χ2n) is 10.8. The standard InChI is InChI=1S/C28H28F2N6O3/c1-2-38-28(37)20-14-5-7-15(8-6-14)22(20)32-26-21(30)24(19-10-9-18(39-19)13-3-4-13)33-27(34-26)23-17-11-16(29)12-31-25(17)36-35-23/h9-15,20,22H,2-8H2,1H3,(H,31,35,36)(H,32,33,34)/t14?,15?,20-,22-/m0/s1. The van der Waals surface area contributed by atoms with Crippen molar-refractivity contribution in [1.82, 2.24) is 25.1 Å². The summed E-state index contributed by atoms with van der Waals surface area (Å²) in [7, 11) is 0. The average molecular weight is 535 g/mol. The first-order valence-electron chi connectivity index (χ1n) is 13.6. The molecule has 4 aromatic heterocycles. The third-order valence-corrected chi connectivity index (χ3v) is 8.37. The first-order chi connectivity index (χ1) is 19.0. The van der Waals surface area contributed by atoms with Crippen molar-refractivity contribution >= 4 is 22.8 Å². The minimum atomic E-state index is -0.673. The van der Waals surface area contributed by atoms with Gasteiger partial charge in [-0.05, 0) is 75.5 Å². The lowest BCUT2D eigenvalue weighted by atomic mass is 9.61. The summed E-state index contributed by atoms with van der Waals surface area (Å²) in [5.41, 5.74) is 0.578. The molecule has 4 saturated carbocycles. The normalized spacial score (nSPS) is 24.3. The van der Waals surface area contributed by atoms with Crippen molar-refractivity contribution in [3.63, 3.8) is 0 Å². The van der Waals surface area contributed by atoms with Crippen LogP contribution in [0.2, 0.25) is 0 Å². The van der Waals surface area contributed by atoms with Gasteiger partial charge in [0.15, 0.2) is 28.9 Å². The first kappa shape index (κ1) is 24.2. The summed E-state index contributed by atoms with van der Waals surface area (Å²) in [5, 5.41) is 10.6. The molecule has 4 aliphatic rings. The second kappa shape index (κ2) is 9.39. The monoisotopic (exact) mass is 534 g/mol. The second-order valence-corrected chi connectivity index (χ2v) is 10.8. The van der Waals surface area contributed by atoms with E-state index in [0.29, 0.717) is 17.0 Å². The molecule has 2 atom stereocenters. The molecule has 0 spiro atoms. The minimum Gasteiger partial charge on any atom is -0.466 e. The van der Waals surface area contributed by atoms with Crippen molar-refractivity contribution in [3.05, 3.63) is 41.8 Å². The van der Waals surface area contributed by atoms with Crippen LogP contribution in [0.15, 0.2) is 28.8 Å². The van der Waals surface area contributed by atoms with Crippen LogP contribution in [0.5, 0.6) is 0 Å². The Hall–Kier alpha value is -3.89. The summed E-state index contributed by atoms with van der Waals surface area (Å²) in [6.45, 7) is 2.07. The van der Waals surface area contributed by atoms with E-state index in [0.717, 1.165) is 50.5 Å². The lowest BCUT2D eigenvalue weighted by Gasteiger charge is -2.47. The molecule has 0 radical (unpaired) electrons. The van der Waals surface area contributed by atoms with E-state index in [-0.39, 0.29) is 59.2 Å². The number of furan rings is 1. The van der Waals surface area contributed by atoms with Crippen LogP contribution < -0.4 is 5.32 Å². The molecule has 0 amide bonds. The van der Waals surface area contributed by atoms with Gasteiger partial charge in [-0.15, -0.1) is 0 Å². The number of fused-ring (bicyclic) bond motifs is 4. The minimum absolute atomic E-state index is 0.0184. The Morgan fingerprint density at radius 2 is 1.92 bits per heavy atom. The Morgan fingerprint density at radius 3 is 2.69 bits per heavy atom. The Balaban J connectivity index is 1.34. The lowest BCUT2D eigenvalue weighted by Crippen LogP contribution is -2.52. The molecule has 4 fully saturated rings. The molecule has 9 nitrogen and oxygen atoms in total. The van der Waals surface area contributed by atoms with Crippen molar-refractivity contribution < 1.29 is 22.7 Å². The van der Waals surface area contributed by atoms with Crippen LogP contribution >= 0.6 is 0 Å². The number of esters is 1. The molecule has 202 valence electrons. The molecule has 11 heteroatoms. The summed E-state index contributed by atoms with van der Waals surface area (Å²) < 4.78 is 41.7. The Kier molecular flexibility index (Phi) is 5.82. The van der Waals surface area contributed by atoms with Crippen LogP contribution in [0, 0.1) is 29.4 Å². The number of rotatable bonds is 7. The molecule has 2 N–H and O–H groups in total. The summed E-state index contributed by atoms with van der Waals surface area (Å²) in [6, 6.07) is 4.51. The molecule has 39 heavy (non-hydrogen) atoms. The predicted octanol–water partition coefficient (Wildman–Crippen LogP) is 5.61. The van der Waals surface area contributed by atoms with Crippen molar-refractivity contribution in [1.29, 1.82) is 0 Å². The SMILES string of the molecule is CCOC(=O)[C@H]1C2CCC(CC2)[C@@H]1Nc1nc(-c2[nH]nc3ncc(F)cc23)nc(-c2ccc(C3CC3)o2)c1F. The third kappa shape index (κ3) is 4.24. The van der Waals surface area contributed by atoms with E-state index in [4.69, 9.17) is 9.15 Å². The molecule has 4 aliphatic carbocycles. The summed E-state index contributed by atoms with van der Waals surface area (Å²) in [6.07, 6.45) is 6.94. The van der Waals surface area contributed by atoms with Gasteiger partial charge in [0, 0.05) is 12.0 Å². The highest BCUT2D eigenvalue weighted by Crippen LogP contribution is 2.47. The van der Waals surface area contributed by atoms with Crippen molar-refractivity contribution in [2.75, 3.05) is 11.9 Å². The molecule has 0 unspecified atom stereocenters. The fourth-order valence-electron chi connectivity index (χ4n) is 6.32.